The van der Waals surface area contributed by atoms with Gasteiger partial charge in [0.05, 0.1) is 0 Å². The molecule has 4 heterocycles. The summed E-state index contributed by atoms with van der Waals surface area (Å²) in [6.45, 7) is 0. The van der Waals surface area contributed by atoms with Crippen molar-refractivity contribution in [1.82, 2.24) is 15.0 Å². The van der Waals surface area contributed by atoms with E-state index in [9.17, 15) is 0 Å². The number of hydrogen-bond acceptors (Lipinski definition) is 6. The Labute approximate surface area is 299 Å². The second-order valence-corrected chi connectivity index (χ2v) is 14.8. The number of nitrogens with zero attached hydrogens (tertiary/aromatic N) is 3. The molecule has 0 saturated carbocycles. The summed E-state index contributed by atoms with van der Waals surface area (Å²) in [7, 11) is 0. The molecule has 238 valence electrons. The lowest BCUT2D eigenvalue weighted by Crippen LogP contribution is -2.00. The van der Waals surface area contributed by atoms with Crippen LogP contribution in [0.1, 0.15) is 0 Å². The minimum Gasteiger partial charge on any atom is -0.456 e. The summed E-state index contributed by atoms with van der Waals surface area (Å²) < 4.78 is 11.6. The maximum Gasteiger partial charge on any atom is 0.165 e. The normalized spacial score (nSPS) is 11.9. The number of rotatable bonds is 4. The summed E-state index contributed by atoms with van der Waals surface area (Å²) in [6, 6.07) is 53.1. The van der Waals surface area contributed by atoms with Gasteiger partial charge in [0.1, 0.15) is 11.2 Å². The van der Waals surface area contributed by atoms with Crippen LogP contribution in [0.2, 0.25) is 0 Å². The van der Waals surface area contributed by atoms with Crippen LogP contribution in [-0.2, 0) is 0 Å². The molecule has 7 aromatic carbocycles. The zero-order valence-electron chi connectivity index (χ0n) is 27.0. The Kier molecular flexibility index (Phi) is 6.26. The Balaban J connectivity index is 1.10. The number of benzene rings is 7. The van der Waals surface area contributed by atoms with Crippen molar-refractivity contribution < 1.29 is 4.42 Å². The molecule has 0 bridgehead atoms. The van der Waals surface area contributed by atoms with Crippen molar-refractivity contribution in [3.8, 4) is 45.3 Å². The molecule has 4 nitrogen and oxygen atoms in total. The van der Waals surface area contributed by atoms with Crippen LogP contribution >= 0.6 is 22.7 Å². The van der Waals surface area contributed by atoms with E-state index in [1.165, 1.54) is 51.5 Å². The predicted molar refractivity (Wildman–Crippen MR) is 215 cm³/mol. The van der Waals surface area contributed by atoms with Gasteiger partial charge in [-0.1, -0.05) is 115 Å². The molecule has 0 aliphatic carbocycles. The molecule has 51 heavy (non-hydrogen) atoms. The van der Waals surface area contributed by atoms with Gasteiger partial charge in [0.25, 0.3) is 0 Å². The van der Waals surface area contributed by atoms with Crippen LogP contribution in [0.25, 0.3) is 108 Å². The van der Waals surface area contributed by atoms with Gasteiger partial charge in [-0.15, -0.1) is 22.7 Å². The maximum atomic E-state index is 6.60. The average molecular weight is 688 g/mol. The van der Waals surface area contributed by atoms with Crippen LogP contribution in [0.3, 0.4) is 0 Å². The van der Waals surface area contributed by atoms with Gasteiger partial charge in [-0.25, -0.2) is 15.0 Å². The monoisotopic (exact) mass is 687 g/mol. The smallest absolute Gasteiger partial charge is 0.165 e. The molecule has 0 saturated heterocycles. The van der Waals surface area contributed by atoms with Gasteiger partial charge in [-0.3, -0.25) is 0 Å². The lowest BCUT2D eigenvalue weighted by Gasteiger charge is -2.09. The Morgan fingerprint density at radius 2 is 0.941 bits per heavy atom. The first-order valence-corrected chi connectivity index (χ1v) is 18.5. The summed E-state index contributed by atoms with van der Waals surface area (Å²) in [6.07, 6.45) is 0. The fraction of sp³-hybridized carbons (Fsp3) is 0. The second-order valence-electron chi connectivity index (χ2n) is 12.7. The molecule has 11 rings (SSSR count). The fourth-order valence-corrected chi connectivity index (χ4v) is 9.86. The number of thiophene rings is 2. The van der Waals surface area contributed by atoms with Gasteiger partial charge < -0.3 is 4.42 Å². The van der Waals surface area contributed by atoms with Gasteiger partial charge in [-0.05, 0) is 42.0 Å². The second kappa shape index (κ2) is 11.2. The molecular formula is C45H25N3OS2. The number of furan rings is 1. The van der Waals surface area contributed by atoms with Crippen molar-refractivity contribution in [2.24, 2.45) is 0 Å². The lowest BCUT2D eigenvalue weighted by atomic mass is 9.97. The van der Waals surface area contributed by atoms with E-state index in [0.29, 0.717) is 17.5 Å². The fourth-order valence-electron chi connectivity index (χ4n) is 7.41. The molecule has 0 unspecified atom stereocenters. The molecule has 0 spiro atoms. The van der Waals surface area contributed by atoms with E-state index in [0.717, 1.165) is 38.6 Å². The quantitative estimate of drug-likeness (QED) is 0.185. The standard InChI is InChI=1S/C45H25N3OS2/c1-2-11-26(12-3-1)43-46-44(48-45(47-43)35-19-9-17-32-29-14-5-7-22-39(29)51-42(32)35)27-23-24-34-37(25-27)49-36-20-10-15-30(40(34)36)33-18-8-16-31-28-13-4-6-21-38(28)50-41(31)33/h1-25H. The minimum absolute atomic E-state index is 0.606. The van der Waals surface area contributed by atoms with Crippen molar-refractivity contribution in [2.75, 3.05) is 0 Å². The highest BCUT2D eigenvalue weighted by atomic mass is 32.1. The average Bonchev–Trinajstić information content (AvgIpc) is 3.89. The largest absolute Gasteiger partial charge is 0.456 e. The van der Waals surface area contributed by atoms with Crippen LogP contribution in [-0.4, -0.2) is 15.0 Å². The van der Waals surface area contributed by atoms with Crippen LogP contribution < -0.4 is 0 Å². The third-order valence-corrected chi connectivity index (χ3v) is 12.2. The number of fused-ring (bicyclic) bond motifs is 9. The van der Waals surface area contributed by atoms with E-state index >= 15 is 0 Å². The van der Waals surface area contributed by atoms with E-state index < -0.39 is 0 Å². The van der Waals surface area contributed by atoms with Gasteiger partial charge in [0, 0.05) is 73.4 Å². The van der Waals surface area contributed by atoms with E-state index in [4.69, 9.17) is 19.4 Å². The summed E-state index contributed by atoms with van der Waals surface area (Å²) in [5.74, 6) is 1.89. The third-order valence-electron chi connectivity index (χ3n) is 9.76. The van der Waals surface area contributed by atoms with E-state index in [1.807, 2.05) is 41.7 Å². The van der Waals surface area contributed by atoms with Crippen molar-refractivity contribution in [1.29, 1.82) is 0 Å². The molecule has 4 aromatic heterocycles. The van der Waals surface area contributed by atoms with E-state index in [2.05, 4.69) is 121 Å². The lowest BCUT2D eigenvalue weighted by molar-refractivity contribution is 0.669. The SMILES string of the molecule is c1ccc(-c2nc(-c3ccc4c(c3)oc3cccc(-c5cccc6c5sc5ccccc56)c34)nc(-c3cccc4c3sc3ccccc34)n2)cc1. The zero-order valence-corrected chi connectivity index (χ0v) is 28.6. The number of aromatic nitrogens is 3. The Bertz CT molecular complexity index is 3160. The van der Waals surface area contributed by atoms with Gasteiger partial charge in [0.2, 0.25) is 0 Å². The molecule has 0 amide bonds. The van der Waals surface area contributed by atoms with Crippen molar-refractivity contribution in [3.63, 3.8) is 0 Å². The highest BCUT2D eigenvalue weighted by Crippen LogP contribution is 2.45. The van der Waals surface area contributed by atoms with Crippen LogP contribution in [0, 0.1) is 0 Å². The highest BCUT2D eigenvalue weighted by molar-refractivity contribution is 7.26. The molecule has 6 heteroatoms. The van der Waals surface area contributed by atoms with Crippen molar-refractivity contribution in [2.45, 2.75) is 0 Å². The van der Waals surface area contributed by atoms with Crippen molar-refractivity contribution in [3.05, 3.63) is 152 Å². The van der Waals surface area contributed by atoms with Gasteiger partial charge in [-0.2, -0.15) is 0 Å². The third kappa shape index (κ3) is 4.47. The first kappa shape index (κ1) is 28.6. The highest BCUT2D eigenvalue weighted by Gasteiger charge is 2.20. The predicted octanol–water partition coefficient (Wildman–Crippen LogP) is 13.2. The Hall–Kier alpha value is -6.21. The van der Waals surface area contributed by atoms with E-state index in [-0.39, 0.29) is 0 Å². The molecule has 0 aliphatic rings. The molecule has 0 aliphatic heterocycles. The van der Waals surface area contributed by atoms with Gasteiger partial charge in [0.15, 0.2) is 17.5 Å². The summed E-state index contributed by atoms with van der Waals surface area (Å²) in [5, 5.41) is 7.21. The Morgan fingerprint density at radius 3 is 1.69 bits per heavy atom. The molecule has 0 radical (unpaired) electrons. The topological polar surface area (TPSA) is 51.8 Å². The minimum atomic E-state index is 0.606. The summed E-state index contributed by atoms with van der Waals surface area (Å²) >= 11 is 3.62. The Morgan fingerprint density at radius 1 is 0.373 bits per heavy atom. The number of hydrogen-bond donors (Lipinski definition) is 0. The summed E-state index contributed by atoms with van der Waals surface area (Å²) in [5.41, 5.74) is 6.86. The van der Waals surface area contributed by atoms with Crippen molar-refractivity contribution >= 4 is 85.0 Å². The molecule has 0 atom stereocenters. The first-order chi connectivity index (χ1) is 25.3. The van der Waals surface area contributed by atoms with Crippen LogP contribution in [0.4, 0.5) is 0 Å². The maximum absolute atomic E-state index is 6.60. The van der Waals surface area contributed by atoms with E-state index in [1.54, 1.807) is 11.3 Å². The zero-order chi connectivity index (χ0) is 33.5. The summed E-state index contributed by atoms with van der Waals surface area (Å²) in [4.78, 5) is 15.3. The molecule has 0 N–H and O–H groups in total. The first-order valence-electron chi connectivity index (χ1n) is 16.9. The van der Waals surface area contributed by atoms with Crippen LogP contribution in [0.5, 0.6) is 0 Å². The van der Waals surface area contributed by atoms with Crippen LogP contribution in [0.15, 0.2) is 156 Å². The molecular weight excluding hydrogens is 663 g/mol. The molecule has 11 aromatic rings. The molecule has 0 fully saturated rings. The van der Waals surface area contributed by atoms with Gasteiger partial charge >= 0.3 is 0 Å².